The molecule has 0 spiro atoms. The second kappa shape index (κ2) is 9.12. The van der Waals surface area contributed by atoms with Gasteiger partial charge < -0.3 is 10.1 Å². The zero-order valence-electron chi connectivity index (χ0n) is 13.6. The summed E-state index contributed by atoms with van der Waals surface area (Å²) in [4.78, 5) is 12.3. The van der Waals surface area contributed by atoms with Gasteiger partial charge in [-0.1, -0.05) is 30.1 Å². The predicted octanol–water partition coefficient (Wildman–Crippen LogP) is 5.33. The van der Waals surface area contributed by atoms with E-state index in [1.54, 1.807) is 42.5 Å². The fourth-order valence-electron chi connectivity index (χ4n) is 2.01. The molecule has 4 nitrogen and oxygen atoms in total. The van der Waals surface area contributed by atoms with Crippen LogP contribution in [0, 0.1) is 11.3 Å². The van der Waals surface area contributed by atoms with Crippen molar-refractivity contribution in [2.24, 2.45) is 0 Å². The zero-order chi connectivity index (χ0) is 18.2. The lowest BCUT2D eigenvalue weighted by molar-refractivity contribution is -0.112. The van der Waals surface area contributed by atoms with Gasteiger partial charge in [0.2, 0.25) is 0 Å². The lowest BCUT2D eigenvalue weighted by Gasteiger charge is -2.09. The molecule has 1 N–H and O–H groups in total. The fraction of sp³-hybridized carbons (Fsp3) is 0.158. The summed E-state index contributed by atoms with van der Waals surface area (Å²) in [5, 5.41) is 13.0. The highest BCUT2D eigenvalue weighted by Crippen LogP contribution is 2.26. The summed E-state index contributed by atoms with van der Waals surface area (Å²) in [6, 6.07) is 13.6. The largest absolute Gasteiger partial charge is 0.493 e. The standard InChI is InChI=1S/C19H16Cl2N2O2/c1-2-9-25-18-8-5-16(21)11-13(18)10-14(12-22)19(24)23-17-6-3-15(20)4-7-17/h3-8,10-11H,2,9H2,1H3,(H,23,24)/b14-10+. The Labute approximate surface area is 156 Å². The van der Waals surface area contributed by atoms with E-state index in [0.29, 0.717) is 33.7 Å². The van der Waals surface area contributed by atoms with Crippen molar-refractivity contribution in [2.45, 2.75) is 13.3 Å². The summed E-state index contributed by atoms with van der Waals surface area (Å²) in [6.07, 6.45) is 2.30. The van der Waals surface area contributed by atoms with Gasteiger partial charge in [0.1, 0.15) is 17.4 Å². The molecule has 2 aromatic carbocycles. The Morgan fingerprint density at radius 2 is 1.88 bits per heavy atom. The lowest BCUT2D eigenvalue weighted by Crippen LogP contribution is -2.13. The van der Waals surface area contributed by atoms with Gasteiger partial charge >= 0.3 is 0 Å². The number of anilines is 1. The Morgan fingerprint density at radius 3 is 2.52 bits per heavy atom. The van der Waals surface area contributed by atoms with E-state index in [9.17, 15) is 10.1 Å². The summed E-state index contributed by atoms with van der Waals surface area (Å²) in [5.41, 5.74) is 1.06. The molecule has 0 radical (unpaired) electrons. The Kier molecular flexibility index (Phi) is 6.88. The molecule has 2 aromatic rings. The van der Waals surface area contributed by atoms with Crippen molar-refractivity contribution in [1.82, 2.24) is 0 Å². The molecular formula is C19H16Cl2N2O2. The number of amides is 1. The highest BCUT2D eigenvalue weighted by Gasteiger charge is 2.12. The SMILES string of the molecule is CCCOc1ccc(Cl)cc1/C=C(\C#N)C(=O)Nc1ccc(Cl)cc1. The summed E-state index contributed by atoms with van der Waals surface area (Å²) in [7, 11) is 0. The molecule has 25 heavy (non-hydrogen) atoms. The zero-order valence-corrected chi connectivity index (χ0v) is 15.1. The Hall–Kier alpha value is -2.48. The van der Waals surface area contributed by atoms with E-state index in [0.717, 1.165) is 6.42 Å². The van der Waals surface area contributed by atoms with Gasteiger partial charge in [-0.15, -0.1) is 0 Å². The van der Waals surface area contributed by atoms with Gasteiger partial charge in [-0.25, -0.2) is 0 Å². The normalized spacial score (nSPS) is 10.9. The highest BCUT2D eigenvalue weighted by molar-refractivity contribution is 6.31. The van der Waals surface area contributed by atoms with Crippen molar-refractivity contribution in [3.8, 4) is 11.8 Å². The van der Waals surface area contributed by atoms with Crippen LogP contribution >= 0.6 is 23.2 Å². The van der Waals surface area contributed by atoms with Crippen molar-refractivity contribution in [3.05, 3.63) is 63.6 Å². The Morgan fingerprint density at radius 1 is 1.20 bits per heavy atom. The van der Waals surface area contributed by atoms with Crippen molar-refractivity contribution < 1.29 is 9.53 Å². The van der Waals surface area contributed by atoms with Gasteiger partial charge in [-0.3, -0.25) is 4.79 Å². The lowest BCUT2D eigenvalue weighted by atomic mass is 10.1. The number of halogens is 2. The van der Waals surface area contributed by atoms with Crippen LogP contribution in [0.1, 0.15) is 18.9 Å². The number of ether oxygens (including phenoxy) is 1. The van der Waals surface area contributed by atoms with Crippen LogP contribution < -0.4 is 10.1 Å². The average molecular weight is 375 g/mol. The first kappa shape index (κ1) is 18.9. The first-order chi connectivity index (χ1) is 12.0. The van der Waals surface area contributed by atoms with Crippen LogP contribution in [0.15, 0.2) is 48.0 Å². The predicted molar refractivity (Wildman–Crippen MR) is 101 cm³/mol. The minimum atomic E-state index is -0.522. The molecule has 0 atom stereocenters. The van der Waals surface area contributed by atoms with Gasteiger partial charge in [-0.2, -0.15) is 5.26 Å². The molecule has 0 saturated heterocycles. The maximum atomic E-state index is 12.3. The van der Waals surface area contributed by atoms with E-state index in [1.807, 2.05) is 13.0 Å². The molecule has 0 fully saturated rings. The fourth-order valence-corrected chi connectivity index (χ4v) is 2.32. The maximum absolute atomic E-state index is 12.3. The number of nitrogens with zero attached hydrogens (tertiary/aromatic N) is 1. The number of rotatable bonds is 6. The summed E-state index contributed by atoms with van der Waals surface area (Å²) in [5.74, 6) is 0.0459. The molecule has 128 valence electrons. The molecule has 0 aromatic heterocycles. The molecule has 0 heterocycles. The molecular weight excluding hydrogens is 359 g/mol. The van der Waals surface area contributed by atoms with Crippen molar-refractivity contribution in [3.63, 3.8) is 0 Å². The van der Waals surface area contributed by atoms with Crippen LogP contribution in [0.5, 0.6) is 5.75 Å². The number of hydrogen-bond acceptors (Lipinski definition) is 3. The number of nitriles is 1. The smallest absolute Gasteiger partial charge is 0.266 e. The van der Waals surface area contributed by atoms with Crippen LogP contribution in [0.2, 0.25) is 10.0 Å². The minimum Gasteiger partial charge on any atom is -0.493 e. The van der Waals surface area contributed by atoms with Crippen LogP contribution in [0.25, 0.3) is 6.08 Å². The van der Waals surface area contributed by atoms with Crippen molar-refractivity contribution in [1.29, 1.82) is 5.26 Å². The second-order valence-corrected chi connectivity index (χ2v) is 6.03. The molecule has 1 amide bonds. The van der Waals surface area contributed by atoms with Crippen molar-refractivity contribution >= 4 is 40.9 Å². The van der Waals surface area contributed by atoms with E-state index < -0.39 is 5.91 Å². The quantitative estimate of drug-likeness (QED) is 0.549. The molecule has 0 unspecified atom stereocenters. The number of carbonyl (C=O) groups excluding carboxylic acids is 1. The van der Waals surface area contributed by atoms with Crippen LogP contribution in [0.4, 0.5) is 5.69 Å². The summed E-state index contributed by atoms with van der Waals surface area (Å²) in [6.45, 7) is 2.52. The Bertz CT molecular complexity index is 824. The number of nitrogens with one attached hydrogen (secondary N) is 1. The molecule has 0 saturated carbocycles. The van der Waals surface area contributed by atoms with E-state index in [-0.39, 0.29) is 5.57 Å². The highest BCUT2D eigenvalue weighted by atomic mass is 35.5. The second-order valence-electron chi connectivity index (χ2n) is 5.16. The summed E-state index contributed by atoms with van der Waals surface area (Å²) >= 11 is 11.8. The van der Waals surface area contributed by atoms with Gasteiger partial charge in [0.05, 0.1) is 6.61 Å². The van der Waals surface area contributed by atoms with Gasteiger partial charge in [-0.05, 0) is 55.0 Å². The van der Waals surface area contributed by atoms with Crippen LogP contribution in [0.3, 0.4) is 0 Å². The number of hydrogen-bond donors (Lipinski definition) is 1. The van der Waals surface area contributed by atoms with E-state index >= 15 is 0 Å². The third-order valence-electron chi connectivity index (χ3n) is 3.20. The van der Waals surface area contributed by atoms with Gasteiger partial charge in [0.25, 0.3) is 5.91 Å². The van der Waals surface area contributed by atoms with Crippen LogP contribution in [-0.2, 0) is 4.79 Å². The summed E-state index contributed by atoms with van der Waals surface area (Å²) < 4.78 is 5.64. The molecule has 0 bridgehead atoms. The molecule has 6 heteroatoms. The third-order valence-corrected chi connectivity index (χ3v) is 3.69. The average Bonchev–Trinajstić information content (AvgIpc) is 2.60. The molecule has 0 aliphatic carbocycles. The van der Waals surface area contributed by atoms with Gasteiger partial charge in [0, 0.05) is 21.3 Å². The van der Waals surface area contributed by atoms with Crippen LogP contribution in [-0.4, -0.2) is 12.5 Å². The first-order valence-electron chi connectivity index (χ1n) is 7.64. The monoisotopic (exact) mass is 374 g/mol. The number of benzene rings is 2. The minimum absolute atomic E-state index is 0.0569. The Balaban J connectivity index is 2.27. The van der Waals surface area contributed by atoms with Crippen molar-refractivity contribution in [2.75, 3.05) is 11.9 Å². The molecule has 0 aliphatic rings. The van der Waals surface area contributed by atoms with E-state index in [2.05, 4.69) is 5.32 Å². The number of carbonyl (C=O) groups is 1. The van der Waals surface area contributed by atoms with E-state index in [1.165, 1.54) is 6.08 Å². The molecule has 2 rings (SSSR count). The molecule has 0 aliphatic heterocycles. The third kappa shape index (κ3) is 5.53. The van der Waals surface area contributed by atoms with Gasteiger partial charge in [0.15, 0.2) is 0 Å². The first-order valence-corrected chi connectivity index (χ1v) is 8.40. The maximum Gasteiger partial charge on any atom is 0.266 e. The topological polar surface area (TPSA) is 62.1 Å². The van der Waals surface area contributed by atoms with E-state index in [4.69, 9.17) is 27.9 Å².